The first kappa shape index (κ1) is 12.2. The smallest absolute Gasteiger partial charge is 0.248 e. The highest BCUT2D eigenvalue weighted by molar-refractivity contribution is 5.79. The lowest BCUT2D eigenvalue weighted by Gasteiger charge is -2.04. The molecule has 0 heterocycles. The summed E-state index contributed by atoms with van der Waals surface area (Å²) in [5, 5.41) is 2.37. The van der Waals surface area contributed by atoms with Gasteiger partial charge in [-0.1, -0.05) is 30.3 Å². The number of hydrogen-bond donors (Lipinski definition) is 2. The Labute approximate surface area is 93.7 Å². The molecule has 0 fully saturated rings. The maximum absolute atomic E-state index is 11.3. The summed E-state index contributed by atoms with van der Waals surface area (Å²) in [6.07, 6.45) is 0.231. The van der Waals surface area contributed by atoms with Crippen LogP contribution in [0.3, 0.4) is 0 Å². The van der Waals surface area contributed by atoms with Gasteiger partial charge in [-0.15, -0.1) is 0 Å². The summed E-state index contributed by atoms with van der Waals surface area (Å²) in [5.74, 6) is -0.574. The van der Waals surface area contributed by atoms with Gasteiger partial charge in [-0.05, 0) is 5.56 Å². The molecule has 86 valence electrons. The van der Waals surface area contributed by atoms with Gasteiger partial charge in [-0.3, -0.25) is 14.4 Å². The summed E-state index contributed by atoms with van der Waals surface area (Å²) < 4.78 is 0. The third kappa shape index (κ3) is 4.56. The van der Waals surface area contributed by atoms with Gasteiger partial charge in [0, 0.05) is 7.05 Å². The van der Waals surface area contributed by atoms with Gasteiger partial charge in [0.15, 0.2) is 6.61 Å². The van der Waals surface area contributed by atoms with Gasteiger partial charge in [0.1, 0.15) is 0 Å². The van der Waals surface area contributed by atoms with Crippen molar-refractivity contribution in [3.05, 3.63) is 35.9 Å². The van der Waals surface area contributed by atoms with E-state index in [1.165, 1.54) is 7.05 Å². The van der Waals surface area contributed by atoms with Crippen molar-refractivity contribution in [3.8, 4) is 0 Å². The number of benzene rings is 1. The third-order valence-corrected chi connectivity index (χ3v) is 1.88. The average Bonchev–Trinajstić information content (AvgIpc) is 2.30. The molecule has 0 atom stereocenters. The first-order valence-electron chi connectivity index (χ1n) is 4.87. The van der Waals surface area contributed by atoms with E-state index in [1.54, 1.807) is 0 Å². The largest absolute Gasteiger partial charge is 0.357 e. The molecule has 16 heavy (non-hydrogen) atoms. The quantitative estimate of drug-likeness (QED) is 0.690. The predicted octanol–water partition coefficient (Wildman–Crippen LogP) is 0.0229. The van der Waals surface area contributed by atoms with Crippen LogP contribution in [0.1, 0.15) is 5.56 Å². The summed E-state index contributed by atoms with van der Waals surface area (Å²) in [7, 11) is 1.50. The van der Waals surface area contributed by atoms with Crippen LogP contribution < -0.4 is 10.8 Å². The molecule has 5 heteroatoms. The van der Waals surface area contributed by atoms with E-state index in [4.69, 9.17) is 4.84 Å². The summed E-state index contributed by atoms with van der Waals surface area (Å²) in [6, 6.07) is 9.28. The number of hydrogen-bond acceptors (Lipinski definition) is 3. The van der Waals surface area contributed by atoms with Crippen LogP contribution in [-0.2, 0) is 20.8 Å². The van der Waals surface area contributed by atoms with Gasteiger partial charge in [-0.25, -0.2) is 5.48 Å². The van der Waals surface area contributed by atoms with Gasteiger partial charge in [0.2, 0.25) is 11.8 Å². The molecule has 0 saturated carbocycles. The fourth-order valence-corrected chi connectivity index (χ4v) is 1.07. The van der Waals surface area contributed by atoms with Crippen LogP contribution in [-0.4, -0.2) is 25.5 Å². The highest BCUT2D eigenvalue weighted by Crippen LogP contribution is 1.98. The van der Waals surface area contributed by atoms with Crippen LogP contribution in [0.5, 0.6) is 0 Å². The van der Waals surface area contributed by atoms with Gasteiger partial charge in [0.05, 0.1) is 6.42 Å². The number of amides is 2. The van der Waals surface area contributed by atoms with Crippen molar-refractivity contribution >= 4 is 11.8 Å². The molecule has 0 unspecified atom stereocenters. The van der Waals surface area contributed by atoms with Gasteiger partial charge in [-0.2, -0.15) is 0 Å². The molecule has 0 aliphatic rings. The van der Waals surface area contributed by atoms with Crippen molar-refractivity contribution in [2.24, 2.45) is 0 Å². The van der Waals surface area contributed by atoms with Crippen molar-refractivity contribution in [1.29, 1.82) is 0 Å². The fourth-order valence-electron chi connectivity index (χ4n) is 1.07. The number of carbonyl (C=O) groups excluding carboxylic acids is 2. The maximum atomic E-state index is 11.3. The second-order valence-corrected chi connectivity index (χ2v) is 3.15. The minimum atomic E-state index is -0.292. The standard InChI is InChI=1S/C11H14N2O3/c1-12-11(15)8-16-13-10(14)7-9-5-3-2-4-6-9/h2-6H,7-8H2,1H3,(H,12,15)(H,13,14). The zero-order chi connectivity index (χ0) is 11.8. The topological polar surface area (TPSA) is 67.4 Å². The Morgan fingerprint density at radius 2 is 1.88 bits per heavy atom. The molecule has 0 spiro atoms. The van der Waals surface area contributed by atoms with Gasteiger partial charge >= 0.3 is 0 Å². The van der Waals surface area contributed by atoms with Crippen molar-refractivity contribution in [2.45, 2.75) is 6.42 Å². The second kappa shape index (κ2) is 6.58. The predicted molar refractivity (Wildman–Crippen MR) is 58.3 cm³/mol. The van der Waals surface area contributed by atoms with E-state index in [1.807, 2.05) is 30.3 Å². The number of hydroxylamine groups is 1. The summed E-state index contributed by atoms with van der Waals surface area (Å²) in [5.41, 5.74) is 3.09. The van der Waals surface area contributed by atoms with Crippen molar-refractivity contribution < 1.29 is 14.4 Å². The number of nitrogens with one attached hydrogen (secondary N) is 2. The van der Waals surface area contributed by atoms with E-state index in [2.05, 4.69) is 10.8 Å². The average molecular weight is 222 g/mol. The zero-order valence-electron chi connectivity index (χ0n) is 9.03. The normalized spacial score (nSPS) is 9.56. The lowest BCUT2D eigenvalue weighted by molar-refractivity contribution is -0.138. The molecular weight excluding hydrogens is 208 g/mol. The van der Waals surface area contributed by atoms with Crippen LogP contribution in [0, 0.1) is 0 Å². The molecule has 2 N–H and O–H groups in total. The highest BCUT2D eigenvalue weighted by Gasteiger charge is 2.04. The molecule has 0 aromatic heterocycles. The molecule has 1 rings (SSSR count). The lowest BCUT2D eigenvalue weighted by Crippen LogP contribution is -2.31. The second-order valence-electron chi connectivity index (χ2n) is 3.15. The SMILES string of the molecule is CNC(=O)CONC(=O)Cc1ccccc1. The Morgan fingerprint density at radius 1 is 1.19 bits per heavy atom. The number of likely N-dealkylation sites (N-methyl/N-ethyl adjacent to an activating group) is 1. The number of rotatable bonds is 5. The van der Waals surface area contributed by atoms with E-state index in [-0.39, 0.29) is 24.8 Å². The van der Waals surface area contributed by atoms with E-state index in [9.17, 15) is 9.59 Å². The van der Waals surface area contributed by atoms with E-state index < -0.39 is 0 Å². The zero-order valence-corrected chi connectivity index (χ0v) is 9.03. The van der Waals surface area contributed by atoms with Crippen LogP contribution >= 0.6 is 0 Å². The molecule has 0 saturated heterocycles. The van der Waals surface area contributed by atoms with E-state index in [0.29, 0.717) is 0 Å². The van der Waals surface area contributed by atoms with Crippen molar-refractivity contribution in [1.82, 2.24) is 10.8 Å². The Kier molecular flexibility index (Phi) is 5.01. The number of carbonyl (C=O) groups is 2. The monoisotopic (exact) mass is 222 g/mol. The van der Waals surface area contributed by atoms with Gasteiger partial charge < -0.3 is 5.32 Å². The minimum absolute atomic E-state index is 0.184. The molecule has 0 bridgehead atoms. The van der Waals surface area contributed by atoms with E-state index in [0.717, 1.165) is 5.56 Å². The Morgan fingerprint density at radius 3 is 2.50 bits per heavy atom. The Balaban J connectivity index is 2.24. The Hall–Kier alpha value is -1.88. The lowest BCUT2D eigenvalue weighted by atomic mass is 10.1. The molecule has 1 aromatic rings. The fraction of sp³-hybridized carbons (Fsp3) is 0.273. The van der Waals surface area contributed by atoms with Crippen molar-refractivity contribution in [2.75, 3.05) is 13.7 Å². The minimum Gasteiger partial charge on any atom is -0.357 e. The summed E-state index contributed by atoms with van der Waals surface area (Å²) >= 11 is 0. The van der Waals surface area contributed by atoms with Crippen LogP contribution in [0.4, 0.5) is 0 Å². The van der Waals surface area contributed by atoms with Crippen LogP contribution in [0.2, 0.25) is 0 Å². The maximum Gasteiger partial charge on any atom is 0.248 e. The first-order chi connectivity index (χ1) is 7.72. The van der Waals surface area contributed by atoms with Gasteiger partial charge in [0.25, 0.3) is 0 Å². The molecule has 5 nitrogen and oxygen atoms in total. The Bertz CT molecular complexity index is 352. The van der Waals surface area contributed by atoms with Crippen LogP contribution in [0.15, 0.2) is 30.3 Å². The van der Waals surface area contributed by atoms with Crippen LogP contribution in [0.25, 0.3) is 0 Å². The summed E-state index contributed by atoms with van der Waals surface area (Å²) in [6.45, 7) is -0.184. The molecule has 0 aliphatic carbocycles. The summed E-state index contributed by atoms with van der Waals surface area (Å²) in [4.78, 5) is 26.8. The first-order valence-corrected chi connectivity index (χ1v) is 4.87. The molecule has 0 radical (unpaired) electrons. The molecule has 2 amide bonds. The molecular formula is C11H14N2O3. The van der Waals surface area contributed by atoms with E-state index >= 15 is 0 Å². The van der Waals surface area contributed by atoms with Crippen molar-refractivity contribution in [3.63, 3.8) is 0 Å². The molecule has 1 aromatic carbocycles. The molecule has 0 aliphatic heterocycles. The highest BCUT2D eigenvalue weighted by atomic mass is 16.7. The third-order valence-electron chi connectivity index (χ3n) is 1.88.